The number of nitrogen functional groups attached to an aromatic ring is 1. The molecule has 152 valence electrons. The van der Waals surface area contributed by atoms with Crippen molar-refractivity contribution in [2.45, 2.75) is 11.1 Å². The quantitative estimate of drug-likeness (QED) is 0.133. The summed E-state index contributed by atoms with van der Waals surface area (Å²) in [6, 6.07) is 8.93. The molecule has 12 heteroatoms. The second-order valence-electron chi connectivity index (χ2n) is 5.63. The molecule has 0 fully saturated rings. The molecule has 0 saturated carbocycles. The third-order valence-corrected chi connectivity index (χ3v) is 4.55. The fourth-order valence-corrected chi connectivity index (χ4v) is 3.17. The lowest BCUT2D eigenvalue weighted by atomic mass is 10.1. The Morgan fingerprint density at radius 3 is 2.52 bits per heavy atom. The van der Waals surface area contributed by atoms with Crippen molar-refractivity contribution in [3.8, 4) is 5.75 Å². The van der Waals surface area contributed by atoms with Crippen LogP contribution in [-0.2, 0) is 15.5 Å². The van der Waals surface area contributed by atoms with E-state index < -0.39 is 17.4 Å². The lowest BCUT2D eigenvalue weighted by molar-refractivity contribution is -0.432. The van der Waals surface area contributed by atoms with Gasteiger partial charge in [-0.2, -0.15) is 13.2 Å². The molecule has 0 unspecified atom stereocenters. The number of phenolic OH excluding ortho intramolecular Hbond substituents is 1. The molecule has 3 aromatic carbocycles. The van der Waals surface area contributed by atoms with Crippen LogP contribution in [0.1, 0.15) is 5.56 Å². The van der Waals surface area contributed by atoms with Crippen molar-refractivity contribution in [1.82, 2.24) is 0 Å². The first-order valence-electron chi connectivity index (χ1n) is 7.69. The molecule has 0 heterocycles. The van der Waals surface area contributed by atoms with Crippen LogP contribution >= 0.6 is 23.6 Å². The Morgan fingerprint density at radius 1 is 1.07 bits per heavy atom. The maximum absolute atomic E-state index is 13.2. The van der Waals surface area contributed by atoms with Crippen LogP contribution in [-0.4, -0.2) is 10.4 Å². The molecule has 0 amide bonds. The Kier molecular flexibility index (Phi) is 6.15. The zero-order valence-electron chi connectivity index (χ0n) is 14.1. The predicted molar refractivity (Wildman–Crippen MR) is 101 cm³/mol. The van der Waals surface area contributed by atoms with Crippen molar-refractivity contribution in [1.29, 1.82) is 0 Å². The normalized spacial score (nSPS) is 12.2. The zero-order valence-corrected chi connectivity index (χ0v) is 15.7. The number of halogens is 4. The van der Waals surface area contributed by atoms with Crippen molar-refractivity contribution < 1.29 is 32.9 Å². The summed E-state index contributed by atoms with van der Waals surface area (Å²) in [5, 5.41) is 30.1. The lowest BCUT2D eigenvalue weighted by Crippen LogP contribution is -2.04. The van der Waals surface area contributed by atoms with Crippen LogP contribution < -0.4 is 5.73 Å². The number of azo groups is 1. The highest BCUT2D eigenvalue weighted by molar-refractivity contribution is 7.94. The fraction of sp³-hybridized carbons (Fsp3) is 0.0588. The molecule has 0 saturated heterocycles. The second kappa shape index (κ2) is 8.43. The summed E-state index contributed by atoms with van der Waals surface area (Å²) in [6.07, 6.45) is -4.69. The molecule has 0 radical (unpaired) electrons. The first kappa shape index (κ1) is 21.1. The first-order valence-corrected chi connectivity index (χ1v) is 8.81. The van der Waals surface area contributed by atoms with Crippen LogP contribution in [0, 0.1) is 0 Å². The minimum absolute atomic E-state index is 0.0149. The van der Waals surface area contributed by atoms with E-state index in [1.165, 1.54) is 18.2 Å². The summed E-state index contributed by atoms with van der Waals surface area (Å²) in [5.41, 5.74) is 4.45. The molecule has 3 aromatic rings. The third-order valence-electron chi connectivity index (χ3n) is 3.76. The van der Waals surface area contributed by atoms with E-state index in [4.69, 9.17) is 22.6 Å². The molecule has 7 nitrogen and oxygen atoms in total. The number of aromatic hydroxyl groups is 1. The monoisotopic (exact) mass is 445 g/mol. The highest BCUT2D eigenvalue weighted by atomic mass is 35.5. The SMILES string of the molecule is Nc1ccc2cc(SOOO)cc(O)c2c1/N=N/c1ccc(Cl)cc1C(F)(F)F. The van der Waals surface area contributed by atoms with Gasteiger partial charge in [-0.3, -0.25) is 0 Å². The Bertz CT molecular complexity index is 1100. The lowest BCUT2D eigenvalue weighted by Gasteiger charge is -2.11. The van der Waals surface area contributed by atoms with Gasteiger partial charge in [0.05, 0.1) is 34.4 Å². The Labute approximate surface area is 170 Å². The Balaban J connectivity index is 2.10. The zero-order chi connectivity index (χ0) is 21.2. The van der Waals surface area contributed by atoms with Crippen LogP contribution in [0.2, 0.25) is 5.02 Å². The number of alkyl halides is 3. The smallest absolute Gasteiger partial charge is 0.418 e. The number of benzene rings is 3. The second-order valence-corrected chi connectivity index (χ2v) is 6.84. The van der Waals surface area contributed by atoms with Gasteiger partial charge >= 0.3 is 6.18 Å². The summed E-state index contributed by atoms with van der Waals surface area (Å²) in [7, 11) is 0. The van der Waals surface area contributed by atoms with Gasteiger partial charge < -0.3 is 10.8 Å². The van der Waals surface area contributed by atoms with Gasteiger partial charge in [0.2, 0.25) is 0 Å². The van der Waals surface area contributed by atoms with Gasteiger partial charge in [0.1, 0.15) is 11.4 Å². The number of fused-ring (bicyclic) bond motifs is 1. The topological polar surface area (TPSA) is 110 Å². The number of hydrogen-bond acceptors (Lipinski definition) is 8. The van der Waals surface area contributed by atoms with E-state index >= 15 is 0 Å². The minimum atomic E-state index is -4.69. The molecule has 0 aliphatic rings. The standard InChI is InChI=1S/C17H11ClF3N3O4S/c18-9-2-4-13(11(6-9)17(19,20)21)23-24-16-12(22)3-1-8-5-10(29-28-27-26)7-14(25)15(8)16/h1-7,25-26H,22H2/b24-23+. The van der Waals surface area contributed by atoms with E-state index in [9.17, 15) is 18.3 Å². The van der Waals surface area contributed by atoms with Gasteiger partial charge in [-0.15, -0.1) is 14.6 Å². The summed E-state index contributed by atoms with van der Waals surface area (Å²) in [4.78, 5) is 0.369. The number of rotatable bonds is 5. The number of hydrogen-bond donors (Lipinski definition) is 3. The molecule has 0 aromatic heterocycles. The molecule has 0 aliphatic heterocycles. The van der Waals surface area contributed by atoms with E-state index in [2.05, 4.69) is 19.6 Å². The van der Waals surface area contributed by atoms with Gasteiger partial charge in [-0.05, 0) is 41.8 Å². The summed E-state index contributed by atoms with van der Waals surface area (Å²) >= 11 is 6.27. The molecule has 0 spiro atoms. The third kappa shape index (κ3) is 4.71. The average molecular weight is 446 g/mol. The van der Waals surface area contributed by atoms with Crippen LogP contribution in [0.25, 0.3) is 10.8 Å². The molecule has 3 rings (SSSR count). The Morgan fingerprint density at radius 2 is 1.83 bits per heavy atom. The van der Waals surface area contributed by atoms with Crippen LogP contribution in [0.4, 0.5) is 30.2 Å². The molecule has 29 heavy (non-hydrogen) atoms. The molecule has 0 atom stereocenters. The summed E-state index contributed by atoms with van der Waals surface area (Å²) in [6.45, 7) is 0. The van der Waals surface area contributed by atoms with Crippen LogP contribution in [0.5, 0.6) is 5.75 Å². The largest absolute Gasteiger partial charge is 0.507 e. The van der Waals surface area contributed by atoms with Crippen molar-refractivity contribution in [2.24, 2.45) is 10.2 Å². The number of nitrogens with zero attached hydrogens (tertiary/aromatic N) is 2. The predicted octanol–water partition coefficient (Wildman–Crippen LogP) is 6.64. The Hall–Kier alpha value is -2.57. The molecular formula is C17H11ClF3N3O4S. The van der Waals surface area contributed by atoms with Gasteiger partial charge in [-0.25, -0.2) is 5.26 Å². The fourth-order valence-electron chi connectivity index (χ4n) is 2.55. The minimum Gasteiger partial charge on any atom is -0.507 e. The maximum Gasteiger partial charge on any atom is 0.418 e. The number of phenols is 1. The number of nitrogens with two attached hydrogens (primary N) is 1. The molecule has 4 N–H and O–H groups in total. The molecular weight excluding hydrogens is 435 g/mol. The van der Waals surface area contributed by atoms with Crippen LogP contribution in [0.3, 0.4) is 0 Å². The van der Waals surface area contributed by atoms with Gasteiger partial charge in [0, 0.05) is 9.92 Å². The highest BCUT2D eigenvalue weighted by Gasteiger charge is 2.34. The van der Waals surface area contributed by atoms with Gasteiger partial charge in [0.25, 0.3) is 0 Å². The molecule has 0 aliphatic carbocycles. The van der Waals surface area contributed by atoms with Gasteiger partial charge in [0.15, 0.2) is 0 Å². The van der Waals surface area contributed by atoms with Crippen molar-refractivity contribution in [3.63, 3.8) is 0 Å². The van der Waals surface area contributed by atoms with Crippen molar-refractivity contribution in [3.05, 3.63) is 53.1 Å². The van der Waals surface area contributed by atoms with Crippen molar-refractivity contribution in [2.75, 3.05) is 5.73 Å². The average Bonchev–Trinajstić information content (AvgIpc) is 2.65. The maximum atomic E-state index is 13.2. The highest BCUT2D eigenvalue weighted by Crippen LogP contribution is 2.43. The van der Waals surface area contributed by atoms with E-state index in [1.54, 1.807) is 12.1 Å². The number of anilines is 1. The summed E-state index contributed by atoms with van der Waals surface area (Å²) in [5.74, 6) is -0.278. The van der Waals surface area contributed by atoms with E-state index in [-0.39, 0.29) is 27.5 Å². The van der Waals surface area contributed by atoms with Gasteiger partial charge in [-0.1, -0.05) is 22.7 Å². The first-order chi connectivity index (χ1) is 13.7. The summed E-state index contributed by atoms with van der Waals surface area (Å²) < 4.78 is 44.0. The van der Waals surface area contributed by atoms with E-state index in [1.807, 2.05) is 0 Å². The van der Waals surface area contributed by atoms with Crippen molar-refractivity contribution >= 4 is 51.5 Å². The molecule has 0 bridgehead atoms. The van der Waals surface area contributed by atoms with E-state index in [0.29, 0.717) is 22.3 Å². The van der Waals surface area contributed by atoms with Crippen LogP contribution in [0.15, 0.2) is 57.6 Å². The van der Waals surface area contributed by atoms with E-state index in [0.717, 1.165) is 12.1 Å².